The van der Waals surface area contributed by atoms with Gasteiger partial charge in [-0.1, -0.05) is 97.4 Å². The second-order valence-corrected chi connectivity index (χ2v) is 13.1. The van der Waals surface area contributed by atoms with Gasteiger partial charge in [-0.25, -0.2) is 0 Å². The summed E-state index contributed by atoms with van der Waals surface area (Å²) in [6.45, 7) is 14.9. The first-order valence-electron chi connectivity index (χ1n) is 17.7. The normalized spacial score (nSPS) is 18.6. The lowest BCUT2D eigenvalue weighted by atomic mass is 9.81. The summed E-state index contributed by atoms with van der Waals surface area (Å²) in [5.41, 5.74) is 11.0. The van der Waals surface area contributed by atoms with Crippen molar-refractivity contribution < 1.29 is 14.8 Å². The molecule has 6 heteroatoms. The number of rotatable bonds is 9. The Labute approximate surface area is 299 Å². The molecular weight excluding hydrogens is 625 g/mol. The van der Waals surface area contributed by atoms with Gasteiger partial charge in [-0.3, -0.25) is 4.79 Å². The Morgan fingerprint density at radius 2 is 1.78 bits per heavy atom. The fourth-order valence-electron chi connectivity index (χ4n) is 6.24. The molecule has 1 heterocycles. The first-order valence-corrected chi connectivity index (χ1v) is 18.7. The van der Waals surface area contributed by atoms with Gasteiger partial charge in [-0.05, 0) is 112 Å². The molecule has 1 N–H and O–H groups in total. The van der Waals surface area contributed by atoms with Gasteiger partial charge in [0.25, 0.3) is 0 Å². The highest BCUT2D eigenvalue weighted by atomic mass is 32.2. The summed E-state index contributed by atoms with van der Waals surface area (Å²) in [6.07, 6.45) is 23.4. The van der Waals surface area contributed by atoms with Crippen LogP contribution in [0, 0.1) is 13.8 Å². The Morgan fingerprint density at radius 1 is 1.06 bits per heavy atom. The molecule has 2 aromatic carbocycles. The zero-order chi connectivity index (χ0) is 35.8. The summed E-state index contributed by atoms with van der Waals surface area (Å²) in [4.78, 5) is 26.2. The van der Waals surface area contributed by atoms with Crippen molar-refractivity contribution in [2.24, 2.45) is 5.16 Å². The van der Waals surface area contributed by atoms with Crippen molar-refractivity contribution in [1.29, 1.82) is 0 Å². The standard InChI is InChI=1S/C39H44N2O2S.C2H4O.C2H6/c1-5-41-29(4)18-19-32(38(42)35(40-43)24-25-44-39-27(2)12-10-13-28(39)3)20-21-33-26-34(22-23-36(33)41)37(31-16-11-17-31)30-14-8-6-7-9-15-30;1-2-3;1-2/h6,8-10,12-15,18-20,22-23,26,29,43H,5,7,11,16-17,21,24-25H2,1-4H3;2H,1H3;1-2H3/b19-18-,32-20+,40-35+;;. The summed E-state index contributed by atoms with van der Waals surface area (Å²) >= 11 is 1.71. The third-order valence-electron chi connectivity index (χ3n) is 8.83. The summed E-state index contributed by atoms with van der Waals surface area (Å²) < 4.78 is 0. The number of oxime groups is 1. The van der Waals surface area contributed by atoms with Gasteiger partial charge < -0.3 is 14.9 Å². The van der Waals surface area contributed by atoms with Crippen LogP contribution in [0.3, 0.4) is 0 Å². The largest absolute Gasteiger partial charge is 0.411 e. The lowest BCUT2D eigenvalue weighted by Crippen LogP contribution is -2.32. The molecule has 0 saturated heterocycles. The highest BCUT2D eigenvalue weighted by Crippen LogP contribution is 2.40. The van der Waals surface area contributed by atoms with Crippen molar-refractivity contribution in [3.8, 4) is 0 Å². The van der Waals surface area contributed by atoms with Crippen LogP contribution in [0.1, 0.15) is 89.0 Å². The zero-order valence-electron chi connectivity index (χ0n) is 30.5. The van der Waals surface area contributed by atoms with Crippen LogP contribution in [-0.2, 0) is 16.0 Å². The van der Waals surface area contributed by atoms with E-state index < -0.39 is 0 Å². The SMILES string of the molecule is CC.CC=O.CCN1c2ccc(C(C3=CC=CCC=C3)=C3CCC3)cc2C/C=C(C(=O)/C(CCSc2c(C)cccc2C)=N/O)\C=C/C1C. The number of ketones is 1. The predicted octanol–water partition coefficient (Wildman–Crippen LogP) is 10.8. The lowest BCUT2D eigenvalue weighted by Gasteiger charge is -2.31. The molecule has 5 rings (SSSR count). The number of aldehydes is 1. The van der Waals surface area contributed by atoms with Gasteiger partial charge in [0.2, 0.25) is 5.78 Å². The maximum absolute atomic E-state index is 13.7. The van der Waals surface area contributed by atoms with Gasteiger partial charge in [0.1, 0.15) is 12.0 Å². The first kappa shape index (κ1) is 39.3. The second-order valence-electron chi connectivity index (χ2n) is 12.0. The number of hydrogen-bond donors (Lipinski definition) is 1. The van der Waals surface area contributed by atoms with Crippen molar-refractivity contribution in [1.82, 2.24) is 0 Å². The van der Waals surface area contributed by atoms with Crippen LogP contribution in [0.15, 0.2) is 112 Å². The molecule has 0 aromatic heterocycles. The number of anilines is 1. The molecule has 0 spiro atoms. The molecule has 3 aliphatic rings. The molecule has 0 amide bonds. The van der Waals surface area contributed by atoms with E-state index in [4.69, 9.17) is 4.79 Å². The number of aryl methyl sites for hydroxylation is 2. The molecule has 1 atom stereocenters. The highest BCUT2D eigenvalue weighted by Gasteiger charge is 2.23. The van der Waals surface area contributed by atoms with Crippen molar-refractivity contribution in [3.63, 3.8) is 0 Å². The molecular formula is C43H54N2O3S. The number of carbonyl (C=O) groups is 2. The predicted molar refractivity (Wildman–Crippen MR) is 210 cm³/mol. The summed E-state index contributed by atoms with van der Waals surface area (Å²) in [7, 11) is 0. The topological polar surface area (TPSA) is 70.0 Å². The number of nitrogens with zero attached hydrogens (tertiary/aromatic N) is 2. The number of benzene rings is 2. The molecule has 2 aliphatic carbocycles. The minimum atomic E-state index is -0.210. The van der Waals surface area contributed by atoms with Gasteiger partial charge in [0.15, 0.2) is 0 Å². The van der Waals surface area contributed by atoms with Crippen molar-refractivity contribution in [2.45, 2.75) is 97.9 Å². The Balaban J connectivity index is 0.00000123. The van der Waals surface area contributed by atoms with E-state index in [1.54, 1.807) is 11.8 Å². The van der Waals surface area contributed by atoms with E-state index in [1.165, 1.54) is 62.9 Å². The van der Waals surface area contributed by atoms with E-state index in [9.17, 15) is 10.0 Å². The zero-order valence-corrected chi connectivity index (χ0v) is 31.3. The number of hydrogen-bond acceptors (Lipinski definition) is 6. The summed E-state index contributed by atoms with van der Waals surface area (Å²) in [5, 5.41) is 13.4. The maximum Gasteiger partial charge on any atom is 0.210 e. The lowest BCUT2D eigenvalue weighted by molar-refractivity contribution is -0.109. The van der Waals surface area contributed by atoms with Crippen LogP contribution in [0.25, 0.3) is 5.57 Å². The van der Waals surface area contributed by atoms with Crippen LogP contribution < -0.4 is 4.90 Å². The Morgan fingerprint density at radius 3 is 2.41 bits per heavy atom. The Kier molecular flexibility index (Phi) is 16.3. The second kappa shape index (κ2) is 20.4. The molecule has 2 aromatic rings. The minimum Gasteiger partial charge on any atom is -0.411 e. The van der Waals surface area contributed by atoms with Gasteiger partial charge in [0, 0.05) is 40.9 Å². The fraction of sp³-hybridized carbons (Fsp3) is 0.372. The average Bonchev–Trinajstić information content (AvgIpc) is 3.34. The Bertz CT molecular complexity index is 1650. The fourth-order valence-corrected chi connectivity index (χ4v) is 7.33. The van der Waals surface area contributed by atoms with Gasteiger partial charge in [-0.15, -0.1) is 11.8 Å². The van der Waals surface area contributed by atoms with Crippen molar-refractivity contribution in [3.05, 3.63) is 124 Å². The third kappa shape index (κ3) is 10.4. The molecule has 0 bridgehead atoms. The van der Waals surface area contributed by atoms with E-state index in [2.05, 4.69) is 111 Å². The van der Waals surface area contributed by atoms with Crippen LogP contribution >= 0.6 is 11.8 Å². The molecule has 1 aliphatic heterocycles. The minimum absolute atomic E-state index is 0.0927. The molecule has 49 heavy (non-hydrogen) atoms. The summed E-state index contributed by atoms with van der Waals surface area (Å²) in [5.74, 6) is 0.454. The number of fused-ring (bicyclic) bond motifs is 1. The van der Waals surface area contributed by atoms with Crippen LogP contribution in [0.2, 0.25) is 0 Å². The van der Waals surface area contributed by atoms with Crippen molar-refractivity contribution in [2.75, 3.05) is 17.2 Å². The van der Waals surface area contributed by atoms with Crippen LogP contribution in [-0.4, -0.2) is 41.3 Å². The van der Waals surface area contributed by atoms with E-state index in [1.807, 2.05) is 26.0 Å². The van der Waals surface area contributed by atoms with Gasteiger partial charge >= 0.3 is 0 Å². The number of allylic oxidation sites excluding steroid dienone is 11. The third-order valence-corrected chi connectivity index (χ3v) is 10.2. The maximum atomic E-state index is 13.7. The monoisotopic (exact) mass is 678 g/mol. The van der Waals surface area contributed by atoms with E-state index >= 15 is 0 Å². The molecule has 1 saturated carbocycles. The Hall–Kier alpha value is -4.16. The number of thioether (sulfide) groups is 1. The molecule has 260 valence electrons. The van der Waals surface area contributed by atoms with Crippen LogP contribution in [0.4, 0.5) is 5.69 Å². The van der Waals surface area contributed by atoms with Crippen LogP contribution in [0.5, 0.6) is 0 Å². The smallest absolute Gasteiger partial charge is 0.210 e. The number of carbonyl (C=O) groups excluding carboxylic acids is 2. The van der Waals surface area contributed by atoms with Gasteiger partial charge in [0.05, 0.1) is 0 Å². The quantitative estimate of drug-likeness (QED) is 0.0940. The average molecular weight is 679 g/mol. The molecule has 1 fully saturated rings. The number of likely N-dealkylation sites (N-methyl/N-ethyl adjacent to an activating group) is 1. The van der Waals surface area contributed by atoms with E-state index in [0.29, 0.717) is 24.2 Å². The first-order chi connectivity index (χ1) is 23.8. The highest BCUT2D eigenvalue weighted by molar-refractivity contribution is 7.99. The van der Waals surface area contributed by atoms with E-state index in [-0.39, 0.29) is 17.5 Å². The molecule has 5 nitrogen and oxygen atoms in total. The number of Topliss-reactive ketones (excluding diaryl/α,β-unsaturated/α-hetero) is 1. The summed E-state index contributed by atoms with van der Waals surface area (Å²) in [6, 6.07) is 13.2. The van der Waals surface area contributed by atoms with Gasteiger partial charge in [-0.2, -0.15) is 0 Å². The molecule has 0 radical (unpaired) electrons. The molecule has 1 unspecified atom stereocenters. The van der Waals surface area contributed by atoms with E-state index in [0.717, 1.165) is 32.1 Å². The van der Waals surface area contributed by atoms with Crippen molar-refractivity contribution >= 4 is 40.8 Å².